The number of nitrogens with two attached hydrogens (primary N) is 1. The quantitative estimate of drug-likeness (QED) is 0.798. The number of hydrogen-bond donors (Lipinski definition) is 2. The molecular formula is C12H17FN2O. The monoisotopic (exact) mass is 224 g/mol. The fourth-order valence-corrected chi connectivity index (χ4v) is 2.14. The Kier molecular flexibility index (Phi) is 3.12. The number of anilines is 1. The summed E-state index contributed by atoms with van der Waals surface area (Å²) >= 11 is 0. The van der Waals surface area contributed by atoms with Crippen LogP contribution in [0.1, 0.15) is 24.9 Å². The number of nitrogens with zero attached hydrogens (tertiary/aromatic N) is 1. The van der Waals surface area contributed by atoms with E-state index in [0.29, 0.717) is 6.54 Å². The maximum Gasteiger partial charge on any atom is 0.123 e. The summed E-state index contributed by atoms with van der Waals surface area (Å²) in [6.45, 7) is 3.24. The van der Waals surface area contributed by atoms with Crippen molar-refractivity contribution in [1.29, 1.82) is 0 Å². The van der Waals surface area contributed by atoms with Gasteiger partial charge in [0.05, 0.1) is 6.10 Å². The SMILES string of the molecule is CC(N)c1cc(F)ccc1N1CCC(O)C1. The average molecular weight is 224 g/mol. The molecule has 0 aliphatic carbocycles. The lowest BCUT2D eigenvalue weighted by Crippen LogP contribution is -2.24. The van der Waals surface area contributed by atoms with Crippen LogP contribution in [0, 0.1) is 5.82 Å². The summed E-state index contributed by atoms with van der Waals surface area (Å²) in [6.07, 6.45) is 0.474. The second kappa shape index (κ2) is 4.39. The molecule has 2 atom stereocenters. The van der Waals surface area contributed by atoms with Crippen LogP contribution in [0.3, 0.4) is 0 Å². The smallest absolute Gasteiger partial charge is 0.123 e. The molecule has 0 radical (unpaired) electrons. The Morgan fingerprint density at radius 2 is 2.31 bits per heavy atom. The third-order valence-electron chi connectivity index (χ3n) is 2.98. The van der Waals surface area contributed by atoms with Crippen molar-refractivity contribution in [2.45, 2.75) is 25.5 Å². The predicted molar refractivity (Wildman–Crippen MR) is 61.8 cm³/mol. The molecule has 3 nitrogen and oxygen atoms in total. The van der Waals surface area contributed by atoms with Gasteiger partial charge in [0.15, 0.2) is 0 Å². The molecule has 1 aromatic rings. The minimum Gasteiger partial charge on any atom is -0.391 e. The van der Waals surface area contributed by atoms with Crippen LogP contribution >= 0.6 is 0 Å². The van der Waals surface area contributed by atoms with E-state index < -0.39 is 0 Å². The number of hydrogen-bond acceptors (Lipinski definition) is 3. The van der Waals surface area contributed by atoms with Crippen molar-refractivity contribution in [3.05, 3.63) is 29.6 Å². The molecular weight excluding hydrogens is 207 g/mol. The second-order valence-corrected chi connectivity index (χ2v) is 4.38. The minimum atomic E-state index is -0.286. The van der Waals surface area contributed by atoms with E-state index >= 15 is 0 Å². The van der Waals surface area contributed by atoms with Crippen molar-refractivity contribution in [2.75, 3.05) is 18.0 Å². The lowest BCUT2D eigenvalue weighted by Gasteiger charge is -2.23. The molecule has 1 heterocycles. The van der Waals surface area contributed by atoms with Gasteiger partial charge in [-0.25, -0.2) is 4.39 Å². The van der Waals surface area contributed by atoms with Crippen molar-refractivity contribution in [3.8, 4) is 0 Å². The lowest BCUT2D eigenvalue weighted by molar-refractivity contribution is 0.198. The van der Waals surface area contributed by atoms with Gasteiger partial charge in [-0.05, 0) is 37.1 Å². The first-order valence-electron chi connectivity index (χ1n) is 5.56. The number of aliphatic hydroxyl groups excluding tert-OH is 1. The van der Waals surface area contributed by atoms with Crippen molar-refractivity contribution in [2.24, 2.45) is 5.73 Å². The van der Waals surface area contributed by atoms with Gasteiger partial charge >= 0.3 is 0 Å². The van der Waals surface area contributed by atoms with E-state index in [-0.39, 0.29) is 18.0 Å². The Bertz CT molecular complexity index is 381. The summed E-state index contributed by atoms with van der Waals surface area (Å²) in [7, 11) is 0. The Labute approximate surface area is 94.7 Å². The molecule has 16 heavy (non-hydrogen) atoms. The third-order valence-corrected chi connectivity index (χ3v) is 2.98. The maximum absolute atomic E-state index is 13.1. The van der Waals surface area contributed by atoms with Crippen molar-refractivity contribution in [1.82, 2.24) is 0 Å². The molecule has 2 unspecified atom stereocenters. The molecule has 0 saturated carbocycles. The zero-order valence-electron chi connectivity index (χ0n) is 9.36. The molecule has 88 valence electrons. The molecule has 1 saturated heterocycles. The summed E-state index contributed by atoms with van der Waals surface area (Å²) in [5.41, 5.74) is 7.57. The van der Waals surface area contributed by atoms with E-state index in [9.17, 15) is 9.50 Å². The molecule has 3 N–H and O–H groups in total. The Morgan fingerprint density at radius 3 is 2.88 bits per heavy atom. The maximum atomic E-state index is 13.1. The normalized spacial score (nSPS) is 22.5. The minimum absolute atomic E-state index is 0.205. The van der Waals surface area contributed by atoms with Gasteiger partial charge in [0.2, 0.25) is 0 Å². The standard InChI is InChI=1S/C12H17FN2O/c1-8(14)11-6-9(13)2-3-12(11)15-5-4-10(16)7-15/h2-3,6,8,10,16H,4-5,7,14H2,1H3. The fraction of sp³-hybridized carbons (Fsp3) is 0.500. The third kappa shape index (κ3) is 2.18. The van der Waals surface area contributed by atoms with Crippen LogP contribution in [-0.2, 0) is 0 Å². The van der Waals surface area contributed by atoms with Crippen LogP contribution in [-0.4, -0.2) is 24.3 Å². The topological polar surface area (TPSA) is 49.5 Å². The van der Waals surface area contributed by atoms with Crippen LogP contribution in [0.4, 0.5) is 10.1 Å². The van der Waals surface area contributed by atoms with E-state index in [0.717, 1.165) is 24.2 Å². The van der Waals surface area contributed by atoms with Crippen molar-refractivity contribution in [3.63, 3.8) is 0 Å². The highest BCUT2D eigenvalue weighted by Gasteiger charge is 2.23. The van der Waals surface area contributed by atoms with Crippen LogP contribution in [0.15, 0.2) is 18.2 Å². The van der Waals surface area contributed by atoms with Gasteiger partial charge < -0.3 is 15.7 Å². The van der Waals surface area contributed by atoms with Gasteiger partial charge in [-0.15, -0.1) is 0 Å². The summed E-state index contributed by atoms with van der Waals surface area (Å²) in [6, 6.07) is 4.45. The molecule has 0 bridgehead atoms. The number of benzene rings is 1. The van der Waals surface area contributed by atoms with E-state index in [4.69, 9.17) is 5.73 Å². The Morgan fingerprint density at radius 1 is 1.56 bits per heavy atom. The number of rotatable bonds is 2. The molecule has 1 aromatic carbocycles. The first-order valence-corrected chi connectivity index (χ1v) is 5.56. The summed E-state index contributed by atoms with van der Waals surface area (Å²) < 4.78 is 13.1. The predicted octanol–water partition coefficient (Wildman–Crippen LogP) is 1.42. The van der Waals surface area contributed by atoms with Gasteiger partial charge in [0.1, 0.15) is 5.82 Å². The summed E-state index contributed by atoms with van der Waals surface area (Å²) in [5, 5.41) is 9.50. The molecule has 0 amide bonds. The highest BCUT2D eigenvalue weighted by molar-refractivity contribution is 5.55. The second-order valence-electron chi connectivity index (χ2n) is 4.38. The Hall–Kier alpha value is -1.13. The summed E-state index contributed by atoms with van der Waals surface area (Å²) in [4.78, 5) is 2.06. The molecule has 4 heteroatoms. The van der Waals surface area contributed by atoms with E-state index in [2.05, 4.69) is 4.90 Å². The highest BCUT2D eigenvalue weighted by Crippen LogP contribution is 2.28. The number of β-amino-alcohol motifs (C(OH)–C–C–N with tert-alkyl or cyclic N) is 1. The van der Waals surface area contributed by atoms with Crippen LogP contribution in [0.25, 0.3) is 0 Å². The molecule has 1 aliphatic rings. The molecule has 0 aromatic heterocycles. The molecule has 1 fully saturated rings. The Balaban J connectivity index is 2.32. The molecule has 2 rings (SSSR count). The first kappa shape index (κ1) is 11.4. The van der Waals surface area contributed by atoms with E-state index in [1.807, 2.05) is 6.92 Å². The molecule has 0 spiro atoms. The average Bonchev–Trinajstić information content (AvgIpc) is 2.64. The largest absolute Gasteiger partial charge is 0.391 e. The van der Waals surface area contributed by atoms with Gasteiger partial charge in [-0.3, -0.25) is 0 Å². The highest BCUT2D eigenvalue weighted by atomic mass is 19.1. The van der Waals surface area contributed by atoms with Gasteiger partial charge in [-0.2, -0.15) is 0 Å². The van der Waals surface area contributed by atoms with Crippen LogP contribution in [0.2, 0.25) is 0 Å². The lowest BCUT2D eigenvalue weighted by atomic mass is 10.1. The van der Waals surface area contributed by atoms with Gasteiger partial charge in [0, 0.05) is 24.8 Å². The van der Waals surface area contributed by atoms with Crippen LogP contribution < -0.4 is 10.6 Å². The van der Waals surface area contributed by atoms with Crippen molar-refractivity contribution >= 4 is 5.69 Å². The fourth-order valence-electron chi connectivity index (χ4n) is 2.14. The number of aliphatic hydroxyl groups is 1. The zero-order chi connectivity index (χ0) is 11.7. The van der Waals surface area contributed by atoms with E-state index in [1.165, 1.54) is 12.1 Å². The van der Waals surface area contributed by atoms with Crippen LogP contribution in [0.5, 0.6) is 0 Å². The van der Waals surface area contributed by atoms with E-state index in [1.54, 1.807) is 6.07 Å². The zero-order valence-corrected chi connectivity index (χ0v) is 9.36. The van der Waals surface area contributed by atoms with Crippen molar-refractivity contribution < 1.29 is 9.50 Å². The molecule has 1 aliphatic heterocycles. The van der Waals surface area contributed by atoms with Gasteiger partial charge in [-0.1, -0.05) is 0 Å². The first-order chi connectivity index (χ1) is 7.58. The number of halogens is 1. The van der Waals surface area contributed by atoms with Gasteiger partial charge in [0.25, 0.3) is 0 Å². The summed E-state index contributed by atoms with van der Waals surface area (Å²) in [5.74, 6) is -0.268.